The summed E-state index contributed by atoms with van der Waals surface area (Å²) in [5, 5.41) is 14.4. The van der Waals surface area contributed by atoms with Crippen LogP contribution in [0.3, 0.4) is 0 Å². The van der Waals surface area contributed by atoms with Crippen molar-refractivity contribution in [2.45, 2.75) is 52.6 Å². The number of nitrogens with zero attached hydrogens (tertiary/aromatic N) is 7. The van der Waals surface area contributed by atoms with Crippen molar-refractivity contribution >= 4 is 15.9 Å². The highest BCUT2D eigenvalue weighted by Gasteiger charge is 2.19. The molecule has 10 heteroatoms. The van der Waals surface area contributed by atoms with Crippen LogP contribution < -0.4 is 5.69 Å². The number of aryl methyl sites for hydroxylation is 1. The summed E-state index contributed by atoms with van der Waals surface area (Å²) in [5.74, 6) is 1.38. The van der Waals surface area contributed by atoms with Crippen molar-refractivity contribution in [3.05, 3.63) is 87.4 Å². The maximum atomic E-state index is 13.7. The number of benzene rings is 1. The number of pyridine rings is 1. The zero-order valence-corrected chi connectivity index (χ0v) is 22.7. The van der Waals surface area contributed by atoms with Crippen molar-refractivity contribution in [1.29, 1.82) is 0 Å². The van der Waals surface area contributed by atoms with Crippen molar-refractivity contribution in [2.24, 2.45) is 0 Å². The van der Waals surface area contributed by atoms with E-state index < -0.39 is 0 Å². The third-order valence-corrected chi connectivity index (χ3v) is 7.06. The molecule has 4 heterocycles. The topological polar surface area (TPSA) is 99.2 Å². The molecule has 9 nitrogen and oxygen atoms in total. The number of nitrogens with one attached hydrogen (secondary N) is 1. The van der Waals surface area contributed by atoms with Gasteiger partial charge in [-0.3, -0.25) is 14.1 Å². The standard InChI is InChI=1S/C27H29BrN8O/c1-4-5-8-21-17-36(26-24(28)13-14-34(26)18(2)3)27(37)35(21)16-20-12-11-19(15-29-20)22-9-6-7-10-23(22)25-30-32-33-31-25/h6-7,9-15,17-18H,4-5,8,16H2,1-3H3,(H,30,31,32,33). The average molecular weight is 561 g/mol. The maximum Gasteiger partial charge on any atom is 0.334 e. The molecule has 5 aromatic rings. The minimum Gasteiger partial charge on any atom is -0.331 e. The number of tetrazole rings is 1. The van der Waals surface area contributed by atoms with Crippen LogP contribution in [0.4, 0.5) is 0 Å². The Bertz CT molecular complexity index is 1540. The van der Waals surface area contributed by atoms with E-state index in [2.05, 4.69) is 61.9 Å². The van der Waals surface area contributed by atoms with Crippen LogP contribution in [0.1, 0.15) is 51.0 Å². The minimum atomic E-state index is -0.0688. The minimum absolute atomic E-state index is 0.0688. The van der Waals surface area contributed by atoms with Crippen molar-refractivity contribution in [2.75, 3.05) is 0 Å². The Balaban J connectivity index is 1.49. The van der Waals surface area contributed by atoms with Crippen molar-refractivity contribution in [3.63, 3.8) is 0 Å². The quantitative estimate of drug-likeness (QED) is 0.259. The Kier molecular flexibility index (Phi) is 7.18. The van der Waals surface area contributed by atoms with Gasteiger partial charge in [0.25, 0.3) is 0 Å². The summed E-state index contributed by atoms with van der Waals surface area (Å²) in [7, 11) is 0. The number of hydrogen-bond donors (Lipinski definition) is 1. The summed E-state index contributed by atoms with van der Waals surface area (Å²) in [4.78, 5) is 18.4. The molecule has 0 radical (unpaired) electrons. The van der Waals surface area contributed by atoms with E-state index in [4.69, 9.17) is 4.98 Å². The van der Waals surface area contributed by atoms with Crippen LogP contribution in [0.25, 0.3) is 28.3 Å². The van der Waals surface area contributed by atoms with Gasteiger partial charge in [0, 0.05) is 41.5 Å². The van der Waals surface area contributed by atoms with E-state index in [1.165, 1.54) is 0 Å². The molecule has 4 aromatic heterocycles. The Morgan fingerprint density at radius 1 is 1.08 bits per heavy atom. The molecular weight excluding hydrogens is 532 g/mol. The molecule has 0 unspecified atom stereocenters. The highest BCUT2D eigenvalue weighted by Crippen LogP contribution is 2.29. The van der Waals surface area contributed by atoms with E-state index >= 15 is 0 Å². The third kappa shape index (κ3) is 4.93. The van der Waals surface area contributed by atoms with Gasteiger partial charge >= 0.3 is 5.69 Å². The summed E-state index contributed by atoms with van der Waals surface area (Å²) in [6, 6.07) is 14.1. The van der Waals surface area contributed by atoms with E-state index in [0.29, 0.717) is 12.4 Å². The normalized spacial score (nSPS) is 11.5. The highest BCUT2D eigenvalue weighted by molar-refractivity contribution is 9.10. The van der Waals surface area contributed by atoms with Crippen molar-refractivity contribution in [1.82, 2.24) is 39.3 Å². The predicted octanol–water partition coefficient (Wildman–Crippen LogP) is 5.42. The Morgan fingerprint density at radius 2 is 1.89 bits per heavy atom. The maximum absolute atomic E-state index is 13.7. The number of imidazole rings is 1. The van der Waals surface area contributed by atoms with Crippen LogP contribution in [0.15, 0.2) is 70.3 Å². The molecule has 0 amide bonds. The van der Waals surface area contributed by atoms with Crippen molar-refractivity contribution < 1.29 is 0 Å². The molecule has 0 saturated heterocycles. The first-order valence-corrected chi connectivity index (χ1v) is 13.2. The monoisotopic (exact) mass is 560 g/mol. The molecule has 0 aliphatic rings. The number of aromatic nitrogens is 8. The number of hydrogen-bond acceptors (Lipinski definition) is 5. The lowest BCUT2D eigenvalue weighted by Crippen LogP contribution is -2.26. The molecule has 190 valence electrons. The molecular formula is C27H29BrN8O. The average Bonchev–Trinajstić information content (AvgIpc) is 3.64. The van der Waals surface area contributed by atoms with Gasteiger partial charge in [0.2, 0.25) is 5.82 Å². The third-order valence-electron chi connectivity index (χ3n) is 6.44. The number of unbranched alkanes of at least 4 members (excludes halogenated alkanes) is 1. The van der Waals surface area contributed by atoms with Gasteiger partial charge in [-0.05, 0) is 65.5 Å². The van der Waals surface area contributed by atoms with E-state index in [1.54, 1.807) is 4.57 Å². The van der Waals surface area contributed by atoms with Crippen LogP contribution in [-0.4, -0.2) is 39.3 Å². The van der Waals surface area contributed by atoms with Gasteiger partial charge in [-0.25, -0.2) is 4.79 Å². The lowest BCUT2D eigenvalue weighted by Gasteiger charge is -2.13. The fourth-order valence-electron chi connectivity index (χ4n) is 4.52. The molecule has 1 N–H and O–H groups in total. The molecule has 0 saturated carbocycles. The molecule has 0 fully saturated rings. The summed E-state index contributed by atoms with van der Waals surface area (Å²) in [6.45, 7) is 6.78. The lowest BCUT2D eigenvalue weighted by atomic mass is 10.0. The van der Waals surface area contributed by atoms with Crippen LogP contribution >= 0.6 is 15.9 Å². The van der Waals surface area contributed by atoms with E-state index in [0.717, 1.165) is 57.6 Å². The lowest BCUT2D eigenvalue weighted by molar-refractivity contribution is 0.582. The van der Waals surface area contributed by atoms with Crippen LogP contribution in [-0.2, 0) is 13.0 Å². The fourth-order valence-corrected chi connectivity index (χ4v) is 5.03. The smallest absolute Gasteiger partial charge is 0.331 e. The fraction of sp³-hybridized carbons (Fsp3) is 0.296. The van der Waals surface area contributed by atoms with E-state index in [-0.39, 0.29) is 11.7 Å². The highest BCUT2D eigenvalue weighted by atomic mass is 79.9. The molecule has 0 spiro atoms. The Hall–Kier alpha value is -3.79. The number of H-pyrrole nitrogens is 1. The largest absolute Gasteiger partial charge is 0.334 e. The van der Waals surface area contributed by atoms with Crippen LogP contribution in [0, 0.1) is 0 Å². The Morgan fingerprint density at radius 3 is 2.57 bits per heavy atom. The van der Waals surface area contributed by atoms with Gasteiger partial charge in [0.05, 0.1) is 16.7 Å². The second-order valence-electron chi connectivity index (χ2n) is 9.27. The Labute approximate surface area is 223 Å². The molecule has 1 aromatic carbocycles. The summed E-state index contributed by atoms with van der Waals surface area (Å²) in [6.07, 6.45) is 8.71. The van der Waals surface area contributed by atoms with Gasteiger partial charge in [-0.1, -0.05) is 43.7 Å². The number of rotatable bonds is 9. The molecule has 5 rings (SSSR count). The van der Waals surface area contributed by atoms with E-state index in [1.807, 2.05) is 65.6 Å². The molecule has 0 atom stereocenters. The summed E-state index contributed by atoms with van der Waals surface area (Å²) >= 11 is 3.64. The molecule has 0 bridgehead atoms. The zero-order chi connectivity index (χ0) is 25.9. The first kappa shape index (κ1) is 24.9. The number of halogens is 1. The first-order chi connectivity index (χ1) is 18.0. The van der Waals surface area contributed by atoms with Gasteiger partial charge < -0.3 is 4.57 Å². The van der Waals surface area contributed by atoms with Crippen LogP contribution in [0.5, 0.6) is 0 Å². The van der Waals surface area contributed by atoms with Crippen LogP contribution in [0.2, 0.25) is 0 Å². The van der Waals surface area contributed by atoms with Gasteiger partial charge in [-0.15, -0.1) is 10.2 Å². The number of aromatic amines is 1. The summed E-state index contributed by atoms with van der Waals surface area (Å²) < 4.78 is 6.60. The SMILES string of the molecule is CCCCc1cn(-c2c(Br)ccn2C(C)C)c(=O)n1Cc1ccc(-c2ccccc2-c2nn[nH]n2)cn1. The van der Waals surface area contributed by atoms with E-state index in [9.17, 15) is 4.79 Å². The van der Waals surface area contributed by atoms with Gasteiger partial charge in [-0.2, -0.15) is 5.21 Å². The molecule has 37 heavy (non-hydrogen) atoms. The first-order valence-electron chi connectivity index (χ1n) is 12.4. The van der Waals surface area contributed by atoms with Crippen molar-refractivity contribution in [3.8, 4) is 28.3 Å². The van der Waals surface area contributed by atoms with Gasteiger partial charge in [0.15, 0.2) is 0 Å². The molecule has 0 aliphatic carbocycles. The molecule has 0 aliphatic heterocycles. The second-order valence-corrected chi connectivity index (χ2v) is 10.1. The predicted molar refractivity (Wildman–Crippen MR) is 147 cm³/mol. The second kappa shape index (κ2) is 10.7. The zero-order valence-electron chi connectivity index (χ0n) is 21.1. The van der Waals surface area contributed by atoms with Gasteiger partial charge in [0.1, 0.15) is 5.82 Å². The summed E-state index contributed by atoms with van der Waals surface area (Å²) in [5.41, 5.74) is 4.54.